The predicted octanol–water partition coefficient (Wildman–Crippen LogP) is 1.37. The number of urea groups is 1. The van der Waals surface area contributed by atoms with E-state index >= 15 is 0 Å². The number of carbonyl (C=O) groups is 2. The Kier molecular flexibility index (Phi) is 5.16. The summed E-state index contributed by atoms with van der Waals surface area (Å²) in [6, 6.07) is 7.70. The number of carbonyl (C=O) groups excluding carboxylic acids is 2. The number of piperidine rings is 1. The highest BCUT2D eigenvalue weighted by molar-refractivity contribution is 5.89. The molecule has 1 aromatic rings. The number of nitrogens with one attached hydrogen (secondary N) is 4. The summed E-state index contributed by atoms with van der Waals surface area (Å²) < 4.78 is 0. The van der Waals surface area contributed by atoms with Gasteiger partial charge in [0.2, 0.25) is 5.91 Å². The fourth-order valence-electron chi connectivity index (χ4n) is 2.26. The van der Waals surface area contributed by atoms with Gasteiger partial charge in [-0.25, -0.2) is 4.79 Å². The molecule has 1 aliphatic rings. The molecule has 6 heteroatoms. The Morgan fingerprint density at radius 2 is 2.24 bits per heavy atom. The van der Waals surface area contributed by atoms with E-state index in [2.05, 4.69) is 28.2 Å². The molecule has 0 bridgehead atoms. The van der Waals surface area contributed by atoms with Crippen LogP contribution in [0, 0.1) is 0 Å². The Labute approximate surface area is 124 Å². The lowest BCUT2D eigenvalue weighted by Crippen LogP contribution is -2.48. The molecule has 1 heterocycles. The van der Waals surface area contributed by atoms with Crippen LogP contribution in [-0.2, 0) is 4.79 Å². The first-order valence-electron chi connectivity index (χ1n) is 7.20. The van der Waals surface area contributed by atoms with Crippen LogP contribution in [0.25, 0.3) is 0 Å². The monoisotopic (exact) mass is 290 g/mol. The average molecular weight is 290 g/mol. The van der Waals surface area contributed by atoms with E-state index in [4.69, 9.17) is 0 Å². The summed E-state index contributed by atoms with van der Waals surface area (Å²) in [6.07, 6.45) is 1.14. The maximum Gasteiger partial charge on any atom is 0.319 e. The molecule has 1 saturated heterocycles. The van der Waals surface area contributed by atoms with Gasteiger partial charge in [-0.2, -0.15) is 0 Å². The van der Waals surface area contributed by atoms with Crippen LogP contribution in [0.2, 0.25) is 0 Å². The Morgan fingerprint density at radius 1 is 1.43 bits per heavy atom. The summed E-state index contributed by atoms with van der Waals surface area (Å²) in [7, 11) is 1.90. The minimum absolute atomic E-state index is 0.0119. The van der Waals surface area contributed by atoms with Crippen molar-refractivity contribution in [3.05, 3.63) is 29.8 Å². The van der Waals surface area contributed by atoms with Crippen LogP contribution in [0.4, 0.5) is 10.5 Å². The van der Waals surface area contributed by atoms with Gasteiger partial charge in [-0.3, -0.25) is 4.79 Å². The number of anilines is 1. The standard InChI is InChI=1S/C15H22N4O2/c1-10(16-2)11-4-3-5-12(8-11)18-15(21)19-13-6-7-14(20)17-9-13/h3-5,8,10,13,16H,6-7,9H2,1-2H3,(H,17,20)(H2,18,19,21). The smallest absolute Gasteiger partial charge is 0.319 e. The lowest BCUT2D eigenvalue weighted by molar-refractivity contribution is -0.122. The van der Waals surface area contributed by atoms with Crippen molar-refractivity contribution in [2.24, 2.45) is 0 Å². The van der Waals surface area contributed by atoms with Crippen LogP contribution in [0.15, 0.2) is 24.3 Å². The van der Waals surface area contributed by atoms with Gasteiger partial charge in [0, 0.05) is 30.7 Å². The molecule has 3 amide bonds. The first kappa shape index (κ1) is 15.3. The van der Waals surface area contributed by atoms with Crippen molar-refractivity contribution in [3.63, 3.8) is 0 Å². The summed E-state index contributed by atoms with van der Waals surface area (Å²) in [5.41, 5.74) is 1.87. The molecule has 0 radical (unpaired) electrons. The van der Waals surface area contributed by atoms with Crippen LogP contribution < -0.4 is 21.3 Å². The summed E-state index contributed by atoms with van der Waals surface area (Å²) in [6.45, 7) is 2.55. The minimum Gasteiger partial charge on any atom is -0.354 e. The third-order valence-corrected chi connectivity index (χ3v) is 3.68. The quantitative estimate of drug-likeness (QED) is 0.676. The molecule has 6 nitrogen and oxygen atoms in total. The second kappa shape index (κ2) is 7.08. The van der Waals surface area contributed by atoms with Crippen molar-refractivity contribution in [3.8, 4) is 0 Å². The van der Waals surface area contributed by atoms with Gasteiger partial charge in [-0.05, 0) is 38.1 Å². The number of hydrogen-bond donors (Lipinski definition) is 4. The van der Waals surface area contributed by atoms with Gasteiger partial charge in [0.15, 0.2) is 0 Å². The zero-order chi connectivity index (χ0) is 15.2. The van der Waals surface area contributed by atoms with Crippen LogP contribution in [-0.4, -0.2) is 31.6 Å². The first-order chi connectivity index (χ1) is 10.1. The van der Waals surface area contributed by atoms with E-state index in [1.54, 1.807) is 0 Å². The third-order valence-electron chi connectivity index (χ3n) is 3.68. The Bertz CT molecular complexity index is 508. The zero-order valence-corrected chi connectivity index (χ0v) is 12.4. The maximum atomic E-state index is 12.0. The Balaban J connectivity index is 1.89. The molecule has 1 aliphatic heterocycles. The average Bonchev–Trinajstić information content (AvgIpc) is 2.49. The van der Waals surface area contributed by atoms with Crippen molar-refractivity contribution >= 4 is 17.6 Å². The second-order valence-corrected chi connectivity index (χ2v) is 5.27. The first-order valence-corrected chi connectivity index (χ1v) is 7.20. The number of amides is 3. The highest BCUT2D eigenvalue weighted by atomic mass is 16.2. The molecule has 2 unspecified atom stereocenters. The number of rotatable bonds is 4. The van der Waals surface area contributed by atoms with Crippen LogP contribution >= 0.6 is 0 Å². The van der Waals surface area contributed by atoms with E-state index in [-0.39, 0.29) is 24.0 Å². The van der Waals surface area contributed by atoms with Gasteiger partial charge in [-0.1, -0.05) is 12.1 Å². The van der Waals surface area contributed by atoms with Gasteiger partial charge >= 0.3 is 6.03 Å². The molecule has 2 rings (SSSR count). The third kappa shape index (κ3) is 4.46. The van der Waals surface area contributed by atoms with E-state index < -0.39 is 0 Å². The molecule has 1 fully saturated rings. The Morgan fingerprint density at radius 3 is 2.90 bits per heavy atom. The minimum atomic E-state index is -0.245. The van der Waals surface area contributed by atoms with Crippen LogP contribution in [0.1, 0.15) is 31.4 Å². The second-order valence-electron chi connectivity index (χ2n) is 5.27. The molecule has 0 saturated carbocycles. The summed E-state index contributed by atoms with van der Waals surface area (Å²) >= 11 is 0. The molecule has 2 atom stereocenters. The van der Waals surface area contributed by atoms with E-state index in [0.29, 0.717) is 19.4 Å². The maximum absolute atomic E-state index is 12.0. The van der Waals surface area contributed by atoms with Gasteiger partial charge in [0.05, 0.1) is 0 Å². The van der Waals surface area contributed by atoms with Gasteiger partial charge < -0.3 is 21.3 Å². The topological polar surface area (TPSA) is 82.3 Å². The van der Waals surface area contributed by atoms with Crippen LogP contribution in [0.5, 0.6) is 0 Å². The largest absolute Gasteiger partial charge is 0.354 e. The van der Waals surface area contributed by atoms with Gasteiger partial charge in [0.25, 0.3) is 0 Å². The molecule has 0 aromatic heterocycles. The van der Waals surface area contributed by atoms with Crippen molar-refractivity contribution in [2.45, 2.75) is 31.8 Å². The van der Waals surface area contributed by atoms with Crippen molar-refractivity contribution in [1.82, 2.24) is 16.0 Å². The fraction of sp³-hybridized carbons (Fsp3) is 0.467. The van der Waals surface area contributed by atoms with Crippen LogP contribution in [0.3, 0.4) is 0 Å². The molecular formula is C15H22N4O2. The lowest BCUT2D eigenvalue weighted by Gasteiger charge is -2.23. The van der Waals surface area contributed by atoms with Crippen molar-refractivity contribution in [1.29, 1.82) is 0 Å². The molecule has 114 valence electrons. The highest BCUT2D eigenvalue weighted by Crippen LogP contribution is 2.17. The van der Waals surface area contributed by atoms with Gasteiger partial charge in [0.1, 0.15) is 0 Å². The molecule has 21 heavy (non-hydrogen) atoms. The van der Waals surface area contributed by atoms with Gasteiger partial charge in [-0.15, -0.1) is 0 Å². The SMILES string of the molecule is CNC(C)c1cccc(NC(=O)NC2CCC(=O)NC2)c1. The summed E-state index contributed by atoms with van der Waals surface area (Å²) in [5, 5.41) is 11.6. The van der Waals surface area contributed by atoms with E-state index in [0.717, 1.165) is 11.3 Å². The summed E-state index contributed by atoms with van der Waals surface area (Å²) in [5.74, 6) is 0.0437. The van der Waals surface area contributed by atoms with Crippen molar-refractivity contribution < 1.29 is 9.59 Å². The number of hydrogen-bond acceptors (Lipinski definition) is 3. The lowest BCUT2D eigenvalue weighted by atomic mass is 10.1. The molecule has 0 spiro atoms. The van der Waals surface area contributed by atoms with E-state index in [9.17, 15) is 9.59 Å². The normalized spacial score (nSPS) is 19.5. The predicted molar refractivity (Wildman–Crippen MR) is 82.1 cm³/mol. The highest BCUT2D eigenvalue weighted by Gasteiger charge is 2.19. The Hall–Kier alpha value is -2.08. The molecule has 4 N–H and O–H groups in total. The molecule has 0 aliphatic carbocycles. The fourth-order valence-corrected chi connectivity index (χ4v) is 2.26. The van der Waals surface area contributed by atoms with E-state index in [1.807, 2.05) is 31.3 Å². The van der Waals surface area contributed by atoms with Crippen molar-refractivity contribution in [2.75, 3.05) is 18.9 Å². The molecular weight excluding hydrogens is 268 g/mol. The molecule has 1 aromatic carbocycles. The number of benzene rings is 1. The summed E-state index contributed by atoms with van der Waals surface area (Å²) in [4.78, 5) is 23.0. The van der Waals surface area contributed by atoms with E-state index in [1.165, 1.54) is 0 Å². The zero-order valence-electron chi connectivity index (χ0n) is 12.4.